The Balaban J connectivity index is 0.00000128. The highest BCUT2D eigenvalue weighted by atomic mass is 16.5. The lowest BCUT2D eigenvalue weighted by atomic mass is 10.2. The first-order chi connectivity index (χ1) is 7.31. The average molecular weight is 211 g/mol. The van der Waals surface area contributed by atoms with E-state index >= 15 is 0 Å². The van der Waals surface area contributed by atoms with Crippen molar-refractivity contribution in [2.24, 2.45) is 0 Å². The summed E-state index contributed by atoms with van der Waals surface area (Å²) in [5.41, 5.74) is 0.976. The molecule has 1 aliphatic rings. The van der Waals surface area contributed by atoms with Gasteiger partial charge < -0.3 is 14.8 Å². The molecule has 0 amide bonds. The number of rotatable bonds is 4. The van der Waals surface area contributed by atoms with Crippen LogP contribution < -0.4 is 10.1 Å². The quantitative estimate of drug-likeness (QED) is 0.808. The van der Waals surface area contributed by atoms with E-state index in [1.807, 2.05) is 6.07 Å². The zero-order valence-corrected chi connectivity index (χ0v) is 8.99. The van der Waals surface area contributed by atoms with Crippen molar-refractivity contribution in [2.45, 2.75) is 19.4 Å². The number of aryl methyl sites for hydroxylation is 1. The second kappa shape index (κ2) is 4.44. The molecule has 84 valence electrons. The van der Waals surface area contributed by atoms with Crippen molar-refractivity contribution in [3.05, 3.63) is 11.8 Å². The van der Waals surface area contributed by atoms with Gasteiger partial charge in [-0.05, 0) is 6.42 Å². The van der Waals surface area contributed by atoms with Crippen molar-refractivity contribution in [1.29, 1.82) is 0 Å². The first kappa shape index (κ1) is 10.2. The molecule has 0 saturated carbocycles. The number of hydrogen-bond acceptors (Lipinski definition) is 5. The smallest absolute Gasteiger partial charge is 0.318 e. The van der Waals surface area contributed by atoms with E-state index in [0.29, 0.717) is 12.1 Å². The molecule has 2 rings (SSSR count). The van der Waals surface area contributed by atoms with Gasteiger partial charge in [-0.15, -0.1) is 0 Å². The molecular formula is C10H17N3O2. The Morgan fingerprint density at radius 1 is 1.60 bits per heavy atom. The first-order valence-corrected chi connectivity index (χ1v) is 5.08. The minimum Gasteiger partial charge on any atom is -0.467 e. The van der Waals surface area contributed by atoms with Crippen molar-refractivity contribution < 1.29 is 10.9 Å². The van der Waals surface area contributed by atoms with Gasteiger partial charge in [-0.2, -0.15) is 4.98 Å². The highest BCUT2D eigenvalue weighted by Crippen LogP contribution is 2.15. The molecule has 0 unspecified atom stereocenters. The molecule has 5 heteroatoms. The number of anilines is 1. The van der Waals surface area contributed by atoms with Crippen LogP contribution in [0.1, 0.15) is 14.0 Å². The third-order valence-corrected chi connectivity index (χ3v) is 2.29. The van der Waals surface area contributed by atoms with Crippen molar-refractivity contribution in [2.75, 3.05) is 25.6 Å². The summed E-state index contributed by atoms with van der Waals surface area (Å²) in [6.07, 6.45) is 0.870. The molecule has 1 saturated heterocycles. The van der Waals surface area contributed by atoms with Crippen molar-refractivity contribution in [1.82, 2.24) is 9.97 Å². The Hall–Kier alpha value is -1.36. The maximum atomic E-state index is 5.08. The molecule has 2 heterocycles. The third-order valence-electron chi connectivity index (χ3n) is 2.29. The Bertz CT molecular complexity index is 323. The molecule has 1 fully saturated rings. The Labute approximate surface area is 90.3 Å². The monoisotopic (exact) mass is 211 g/mol. The second-order valence-electron chi connectivity index (χ2n) is 3.46. The van der Waals surface area contributed by atoms with E-state index in [-0.39, 0.29) is 1.43 Å². The lowest BCUT2D eigenvalue weighted by Gasteiger charge is -2.27. The van der Waals surface area contributed by atoms with Crippen LogP contribution in [0.15, 0.2) is 6.07 Å². The fourth-order valence-electron chi connectivity index (χ4n) is 1.35. The minimum absolute atomic E-state index is 0. The number of ether oxygens (including phenoxy) is 2. The summed E-state index contributed by atoms with van der Waals surface area (Å²) in [5, 5.41) is 3.27. The zero-order chi connectivity index (χ0) is 10.7. The molecule has 0 bridgehead atoms. The van der Waals surface area contributed by atoms with Gasteiger partial charge in [0, 0.05) is 13.2 Å². The van der Waals surface area contributed by atoms with Gasteiger partial charge in [0.05, 0.1) is 26.4 Å². The Morgan fingerprint density at radius 3 is 2.93 bits per heavy atom. The maximum Gasteiger partial charge on any atom is 0.318 e. The van der Waals surface area contributed by atoms with E-state index in [0.717, 1.165) is 31.1 Å². The Kier molecular flexibility index (Phi) is 3.01. The van der Waals surface area contributed by atoms with Gasteiger partial charge in [0.2, 0.25) is 0 Å². The summed E-state index contributed by atoms with van der Waals surface area (Å²) in [5.74, 6) is 0.812. The normalized spacial score (nSPS) is 15.9. The summed E-state index contributed by atoms with van der Waals surface area (Å²) in [6.45, 7) is 3.54. The Morgan fingerprint density at radius 2 is 2.40 bits per heavy atom. The van der Waals surface area contributed by atoms with Crippen LogP contribution in [0.25, 0.3) is 0 Å². The molecule has 5 nitrogen and oxygen atoms in total. The van der Waals surface area contributed by atoms with Crippen LogP contribution in [-0.2, 0) is 11.2 Å². The first-order valence-electron chi connectivity index (χ1n) is 5.08. The van der Waals surface area contributed by atoms with Crippen molar-refractivity contribution in [3.63, 3.8) is 0 Å². The summed E-state index contributed by atoms with van der Waals surface area (Å²) in [4.78, 5) is 8.44. The highest BCUT2D eigenvalue weighted by molar-refractivity contribution is 5.38. The van der Waals surface area contributed by atoms with E-state index < -0.39 is 0 Å². The molecule has 1 N–H and O–H groups in total. The second-order valence-corrected chi connectivity index (χ2v) is 3.46. The largest absolute Gasteiger partial charge is 0.467 e. The standard InChI is InChI=1S/C10H15N3O2.H2/c1-3-7-4-9(11-8-5-15-6-8)13-10(12-7)14-2;/h4,8H,3,5-6H2,1-2H3,(H,11,12,13);1H. The number of nitrogens with zero attached hydrogens (tertiary/aromatic N) is 2. The van der Waals surface area contributed by atoms with E-state index in [2.05, 4.69) is 22.2 Å². The van der Waals surface area contributed by atoms with Crippen LogP contribution in [0.2, 0.25) is 0 Å². The van der Waals surface area contributed by atoms with Gasteiger partial charge in [0.25, 0.3) is 0 Å². The van der Waals surface area contributed by atoms with Gasteiger partial charge in [-0.3, -0.25) is 0 Å². The lowest BCUT2D eigenvalue weighted by molar-refractivity contribution is 0.0209. The molecule has 1 aromatic rings. The minimum atomic E-state index is 0. The van der Waals surface area contributed by atoms with Crippen LogP contribution in [0.4, 0.5) is 5.82 Å². The van der Waals surface area contributed by atoms with Crippen molar-refractivity contribution in [3.8, 4) is 6.01 Å². The predicted octanol–water partition coefficient (Wildman–Crippen LogP) is 1.10. The summed E-state index contributed by atoms with van der Waals surface area (Å²) in [7, 11) is 1.57. The number of aromatic nitrogens is 2. The van der Waals surface area contributed by atoms with E-state index in [1.54, 1.807) is 7.11 Å². The molecule has 0 radical (unpaired) electrons. The fraction of sp³-hybridized carbons (Fsp3) is 0.600. The van der Waals surface area contributed by atoms with Crippen LogP contribution in [-0.4, -0.2) is 36.3 Å². The van der Waals surface area contributed by atoms with Crippen LogP contribution >= 0.6 is 0 Å². The predicted molar refractivity (Wildman–Crippen MR) is 58.3 cm³/mol. The highest BCUT2D eigenvalue weighted by Gasteiger charge is 2.18. The number of nitrogens with one attached hydrogen (secondary N) is 1. The number of hydrogen-bond donors (Lipinski definition) is 1. The fourth-order valence-corrected chi connectivity index (χ4v) is 1.35. The number of methoxy groups -OCH3 is 1. The summed E-state index contributed by atoms with van der Waals surface area (Å²) in [6, 6.07) is 2.73. The maximum absolute atomic E-state index is 5.08. The molecule has 0 atom stereocenters. The van der Waals surface area contributed by atoms with Crippen LogP contribution in [0.3, 0.4) is 0 Å². The van der Waals surface area contributed by atoms with E-state index in [9.17, 15) is 0 Å². The van der Waals surface area contributed by atoms with Gasteiger partial charge in [-0.1, -0.05) is 6.92 Å². The molecule has 1 aliphatic heterocycles. The molecule has 1 aromatic heterocycles. The van der Waals surface area contributed by atoms with Gasteiger partial charge in [0.1, 0.15) is 5.82 Å². The van der Waals surface area contributed by atoms with Crippen LogP contribution in [0, 0.1) is 0 Å². The van der Waals surface area contributed by atoms with Gasteiger partial charge in [0.15, 0.2) is 0 Å². The SMILES string of the molecule is CCc1cc(NC2COC2)nc(OC)n1.[HH]. The van der Waals surface area contributed by atoms with E-state index in [1.165, 1.54) is 0 Å². The van der Waals surface area contributed by atoms with Crippen LogP contribution in [0.5, 0.6) is 6.01 Å². The third kappa shape index (κ3) is 2.36. The zero-order valence-electron chi connectivity index (χ0n) is 8.99. The van der Waals surface area contributed by atoms with Gasteiger partial charge in [-0.25, -0.2) is 4.98 Å². The van der Waals surface area contributed by atoms with Gasteiger partial charge >= 0.3 is 6.01 Å². The summed E-state index contributed by atoms with van der Waals surface area (Å²) >= 11 is 0. The van der Waals surface area contributed by atoms with E-state index in [4.69, 9.17) is 9.47 Å². The summed E-state index contributed by atoms with van der Waals surface area (Å²) < 4.78 is 10.1. The molecular weight excluding hydrogens is 194 g/mol. The molecule has 0 aliphatic carbocycles. The lowest BCUT2D eigenvalue weighted by Crippen LogP contribution is -2.40. The molecule has 15 heavy (non-hydrogen) atoms. The topological polar surface area (TPSA) is 56.3 Å². The molecule has 0 aromatic carbocycles. The average Bonchev–Trinajstić information content (AvgIpc) is 2.23. The molecule has 0 spiro atoms. The van der Waals surface area contributed by atoms with Crippen molar-refractivity contribution >= 4 is 5.82 Å².